The molecule has 4 N–H and O–H groups in total. The Hall–Kier alpha value is -2.08. The van der Waals surface area contributed by atoms with Crippen LogP contribution in [0.2, 0.25) is 0 Å². The van der Waals surface area contributed by atoms with E-state index in [0.29, 0.717) is 31.3 Å². The van der Waals surface area contributed by atoms with Crippen LogP contribution in [-0.4, -0.2) is 37.6 Å². The summed E-state index contributed by atoms with van der Waals surface area (Å²) in [7, 11) is 0. The number of hydrogen-bond donors (Lipinski definition) is 4. The summed E-state index contributed by atoms with van der Waals surface area (Å²) in [5.74, 6) is 0.858. The van der Waals surface area contributed by atoms with Gasteiger partial charge in [-0.1, -0.05) is 43.7 Å². The Labute approximate surface area is 162 Å². The molecule has 2 unspecified atom stereocenters. The van der Waals surface area contributed by atoms with E-state index in [4.69, 9.17) is 0 Å². The summed E-state index contributed by atoms with van der Waals surface area (Å²) in [5, 5.41) is 12.0. The second-order valence-electron chi connectivity index (χ2n) is 7.93. The van der Waals surface area contributed by atoms with Crippen molar-refractivity contribution in [1.29, 1.82) is 0 Å². The van der Waals surface area contributed by atoms with Gasteiger partial charge in [0.2, 0.25) is 5.91 Å². The van der Waals surface area contributed by atoms with E-state index in [-0.39, 0.29) is 11.9 Å². The third-order valence-electron chi connectivity index (χ3n) is 4.92. The lowest BCUT2D eigenvalue weighted by Gasteiger charge is -2.21. The van der Waals surface area contributed by atoms with Gasteiger partial charge in [-0.15, -0.1) is 0 Å². The van der Waals surface area contributed by atoms with Gasteiger partial charge >= 0.3 is 6.03 Å². The fourth-order valence-electron chi connectivity index (χ4n) is 3.28. The minimum absolute atomic E-state index is 0.0971. The first-order valence-corrected chi connectivity index (χ1v) is 10.0. The molecule has 2 atom stereocenters. The predicted molar refractivity (Wildman–Crippen MR) is 108 cm³/mol. The molecule has 1 heterocycles. The highest BCUT2D eigenvalue weighted by Gasteiger charge is 2.22. The third-order valence-corrected chi connectivity index (χ3v) is 4.92. The second-order valence-corrected chi connectivity index (χ2v) is 7.93. The number of amides is 3. The lowest BCUT2D eigenvalue weighted by Crippen LogP contribution is -2.50. The molecule has 1 aromatic carbocycles. The fraction of sp³-hybridized carbons (Fsp3) is 0.619. The Balaban J connectivity index is 1.77. The molecule has 1 saturated heterocycles. The number of urea groups is 1. The van der Waals surface area contributed by atoms with Crippen molar-refractivity contribution < 1.29 is 9.59 Å². The molecule has 6 heteroatoms. The molecule has 0 aliphatic carbocycles. The Morgan fingerprint density at radius 2 is 1.93 bits per heavy atom. The summed E-state index contributed by atoms with van der Waals surface area (Å²) in [6.07, 6.45) is 2.77. The van der Waals surface area contributed by atoms with E-state index < -0.39 is 6.04 Å². The van der Waals surface area contributed by atoms with Gasteiger partial charge in [-0.2, -0.15) is 0 Å². The fourth-order valence-corrected chi connectivity index (χ4v) is 3.28. The number of aryl methyl sites for hydroxylation is 1. The number of carbonyl (C=O) groups excluding carboxylic acids is 2. The number of rotatable bonds is 9. The van der Waals surface area contributed by atoms with E-state index in [0.717, 1.165) is 25.1 Å². The molecule has 1 aromatic rings. The molecule has 0 bridgehead atoms. The van der Waals surface area contributed by atoms with Crippen LogP contribution in [0.4, 0.5) is 4.79 Å². The first-order valence-electron chi connectivity index (χ1n) is 10.0. The zero-order valence-electron chi connectivity index (χ0n) is 16.8. The Bertz CT molecular complexity index is 595. The predicted octanol–water partition coefficient (Wildman–Crippen LogP) is 2.32. The number of nitrogens with one attached hydrogen (secondary N) is 4. The van der Waals surface area contributed by atoms with Crippen LogP contribution in [0.3, 0.4) is 0 Å². The maximum absolute atomic E-state index is 12.5. The molecule has 0 spiro atoms. The van der Waals surface area contributed by atoms with Crippen LogP contribution >= 0.6 is 0 Å². The molecule has 27 heavy (non-hydrogen) atoms. The summed E-state index contributed by atoms with van der Waals surface area (Å²) in [4.78, 5) is 24.8. The maximum atomic E-state index is 12.5. The standard InChI is InChI=1S/C21H34N4O2/c1-15(2)12-19(20(26)23-11-9-18-8-10-22-13-18)25-21(27)24-14-17-6-4-16(3)5-7-17/h4-7,15,18-19,22H,8-14H2,1-3H3,(H,23,26)(H2,24,25,27). The van der Waals surface area contributed by atoms with Crippen molar-refractivity contribution >= 4 is 11.9 Å². The zero-order chi connectivity index (χ0) is 19.6. The third kappa shape index (κ3) is 7.99. The summed E-state index contributed by atoms with van der Waals surface area (Å²) in [6, 6.07) is 7.20. The van der Waals surface area contributed by atoms with Crippen molar-refractivity contribution in [3.8, 4) is 0 Å². The molecule has 6 nitrogen and oxygen atoms in total. The highest BCUT2D eigenvalue weighted by Crippen LogP contribution is 2.11. The van der Waals surface area contributed by atoms with E-state index in [1.165, 1.54) is 12.0 Å². The van der Waals surface area contributed by atoms with Gasteiger partial charge in [0.25, 0.3) is 0 Å². The molecule has 2 rings (SSSR count). The van der Waals surface area contributed by atoms with Crippen molar-refractivity contribution in [3.63, 3.8) is 0 Å². The SMILES string of the molecule is Cc1ccc(CNC(=O)NC(CC(C)C)C(=O)NCCC2CCNC2)cc1. The van der Waals surface area contributed by atoms with Gasteiger partial charge in [-0.25, -0.2) is 4.79 Å². The van der Waals surface area contributed by atoms with Crippen LogP contribution in [0, 0.1) is 18.8 Å². The minimum atomic E-state index is -0.510. The van der Waals surface area contributed by atoms with Crippen LogP contribution in [0.25, 0.3) is 0 Å². The van der Waals surface area contributed by atoms with Crippen molar-refractivity contribution in [2.75, 3.05) is 19.6 Å². The van der Waals surface area contributed by atoms with E-state index in [2.05, 4.69) is 35.1 Å². The molecule has 0 radical (unpaired) electrons. The van der Waals surface area contributed by atoms with Crippen LogP contribution in [-0.2, 0) is 11.3 Å². The molecule has 1 aliphatic rings. The Morgan fingerprint density at radius 1 is 1.19 bits per heavy atom. The number of carbonyl (C=O) groups is 2. The Kier molecular flexibility index (Phi) is 8.58. The Morgan fingerprint density at radius 3 is 2.56 bits per heavy atom. The largest absolute Gasteiger partial charge is 0.354 e. The van der Waals surface area contributed by atoms with Gasteiger partial charge in [0.1, 0.15) is 6.04 Å². The molecule has 0 saturated carbocycles. The summed E-state index contributed by atoms with van der Waals surface area (Å²) in [5.41, 5.74) is 2.22. The normalized spacial score (nSPS) is 17.6. The zero-order valence-corrected chi connectivity index (χ0v) is 16.8. The van der Waals surface area contributed by atoms with Gasteiger partial charge < -0.3 is 21.3 Å². The highest BCUT2D eigenvalue weighted by atomic mass is 16.2. The first kappa shape index (κ1) is 21.2. The lowest BCUT2D eigenvalue weighted by molar-refractivity contribution is -0.123. The van der Waals surface area contributed by atoms with Crippen molar-refractivity contribution in [1.82, 2.24) is 21.3 Å². The summed E-state index contributed by atoms with van der Waals surface area (Å²) >= 11 is 0. The maximum Gasteiger partial charge on any atom is 0.315 e. The monoisotopic (exact) mass is 374 g/mol. The van der Waals surface area contributed by atoms with Crippen LogP contribution in [0.1, 0.15) is 44.2 Å². The second kappa shape index (κ2) is 10.9. The van der Waals surface area contributed by atoms with Gasteiger partial charge in [0, 0.05) is 13.1 Å². The molecular formula is C21H34N4O2. The first-order chi connectivity index (χ1) is 12.9. The minimum Gasteiger partial charge on any atom is -0.354 e. The van der Waals surface area contributed by atoms with Crippen LogP contribution < -0.4 is 21.3 Å². The van der Waals surface area contributed by atoms with Gasteiger partial charge in [-0.3, -0.25) is 4.79 Å². The summed E-state index contributed by atoms with van der Waals surface area (Å²) in [6.45, 7) is 9.33. The average molecular weight is 375 g/mol. The van der Waals surface area contributed by atoms with E-state index in [1.807, 2.05) is 31.2 Å². The van der Waals surface area contributed by atoms with Crippen molar-refractivity contribution in [3.05, 3.63) is 35.4 Å². The smallest absolute Gasteiger partial charge is 0.315 e. The molecule has 1 aliphatic heterocycles. The average Bonchev–Trinajstić information content (AvgIpc) is 3.13. The van der Waals surface area contributed by atoms with Gasteiger partial charge in [0.05, 0.1) is 0 Å². The number of benzene rings is 1. The lowest BCUT2D eigenvalue weighted by atomic mass is 10.0. The molecule has 0 aromatic heterocycles. The summed E-state index contributed by atoms with van der Waals surface area (Å²) < 4.78 is 0. The number of hydrogen-bond acceptors (Lipinski definition) is 3. The van der Waals surface area contributed by atoms with Gasteiger partial charge in [0.15, 0.2) is 0 Å². The van der Waals surface area contributed by atoms with Crippen molar-refractivity contribution in [2.45, 2.75) is 52.6 Å². The molecule has 1 fully saturated rings. The molecule has 3 amide bonds. The van der Waals surface area contributed by atoms with Crippen LogP contribution in [0.5, 0.6) is 0 Å². The van der Waals surface area contributed by atoms with Gasteiger partial charge in [-0.05, 0) is 56.7 Å². The van der Waals surface area contributed by atoms with E-state index in [9.17, 15) is 9.59 Å². The van der Waals surface area contributed by atoms with Crippen molar-refractivity contribution in [2.24, 2.45) is 11.8 Å². The topological polar surface area (TPSA) is 82.3 Å². The molecule has 150 valence electrons. The van der Waals surface area contributed by atoms with E-state index in [1.54, 1.807) is 0 Å². The van der Waals surface area contributed by atoms with E-state index >= 15 is 0 Å². The molecular weight excluding hydrogens is 340 g/mol. The quantitative estimate of drug-likeness (QED) is 0.535. The van der Waals surface area contributed by atoms with Crippen LogP contribution in [0.15, 0.2) is 24.3 Å². The highest BCUT2D eigenvalue weighted by molar-refractivity contribution is 5.87.